The Morgan fingerprint density at radius 2 is 0.508 bits per heavy atom. The second kappa shape index (κ2) is 53.6. The van der Waals surface area contributed by atoms with Gasteiger partial charge in [-0.05, 0) is 227 Å². The van der Waals surface area contributed by atoms with Crippen LogP contribution in [0.15, 0.2) is 117 Å². The van der Waals surface area contributed by atoms with E-state index in [1.807, 2.05) is 193 Å². The van der Waals surface area contributed by atoms with Crippen LogP contribution in [0.3, 0.4) is 0 Å². The molecule has 6 aliphatic heterocycles. The Kier molecular flexibility index (Phi) is 44.2. The second-order valence-corrected chi connectivity index (χ2v) is 43.4. The highest BCUT2D eigenvalue weighted by Gasteiger charge is 2.58. The molecule has 6 heterocycles. The summed E-state index contributed by atoms with van der Waals surface area (Å²) in [7, 11) is 0. The van der Waals surface area contributed by atoms with Gasteiger partial charge >= 0.3 is 12.1 Å². The first-order chi connectivity index (χ1) is 59.2. The molecule has 29 heteroatoms. The number of carbonyl (C=O) groups excluding carboxylic acids is 6. The lowest BCUT2D eigenvalue weighted by Crippen LogP contribution is -2.54. The lowest BCUT2D eigenvalue weighted by atomic mass is 9.89. The van der Waals surface area contributed by atoms with Gasteiger partial charge in [0.2, 0.25) is 0 Å². The van der Waals surface area contributed by atoms with E-state index in [-0.39, 0.29) is 47.5 Å². The number of amides is 4. The Morgan fingerprint density at radius 1 is 0.295 bits per heavy atom. The van der Waals surface area contributed by atoms with Crippen LogP contribution in [0.1, 0.15) is 167 Å². The Balaban J connectivity index is 0.677. The van der Waals surface area contributed by atoms with Crippen molar-refractivity contribution in [1.29, 1.82) is 0 Å². The Hall–Kier alpha value is -3.54. The van der Waals surface area contributed by atoms with Crippen molar-refractivity contribution in [3.8, 4) is 0 Å². The summed E-state index contributed by atoms with van der Waals surface area (Å²) in [6.07, 6.45) is 9.78. The number of ketones is 4. The summed E-state index contributed by atoms with van der Waals surface area (Å²) in [6.45, 7) is 34.1. The fourth-order valence-corrected chi connectivity index (χ4v) is 22.9. The molecule has 6 saturated heterocycles. The molecule has 0 saturated carbocycles. The van der Waals surface area contributed by atoms with E-state index in [2.05, 4.69) is 45.6 Å². The van der Waals surface area contributed by atoms with Crippen molar-refractivity contribution in [2.24, 2.45) is 0 Å². The number of likely N-dealkylation sites (tertiary alicyclic amines) is 1. The number of hydrogen-bond donors (Lipinski definition) is 0. The molecule has 2 unspecified atom stereocenters. The van der Waals surface area contributed by atoms with Gasteiger partial charge < -0.3 is 33.2 Å². The predicted octanol–water partition coefficient (Wildman–Crippen LogP) is 16.7. The molecule has 0 radical (unpaired) electrons. The summed E-state index contributed by atoms with van der Waals surface area (Å²) in [5.74, 6) is 11.3. The van der Waals surface area contributed by atoms with Crippen LogP contribution in [-0.2, 0) is 33.2 Å². The van der Waals surface area contributed by atoms with Crippen molar-refractivity contribution < 1.29 is 61.9 Å². The third-order valence-electron chi connectivity index (χ3n) is 23.8. The topological polar surface area (TPSA) is 193 Å². The maximum absolute atomic E-state index is 15.1. The number of thioether (sulfide) groups is 8. The Morgan fingerprint density at radius 3 is 0.738 bits per heavy atom. The lowest BCUT2D eigenvalue weighted by Gasteiger charge is -2.39. The first kappa shape index (κ1) is 101. The zero-order valence-electron chi connectivity index (χ0n) is 74.2. The number of rotatable bonds is 60. The predicted molar refractivity (Wildman–Crippen MR) is 510 cm³/mol. The van der Waals surface area contributed by atoms with Crippen molar-refractivity contribution in [3.63, 3.8) is 0 Å². The van der Waals surface area contributed by atoms with E-state index in [4.69, 9.17) is 33.2 Å². The maximum atomic E-state index is 15.1. The summed E-state index contributed by atoms with van der Waals surface area (Å²) in [5, 5.41) is 0. The highest BCUT2D eigenvalue weighted by molar-refractivity contribution is 8.00. The molecule has 0 aliphatic carbocycles. The van der Waals surface area contributed by atoms with Crippen LogP contribution in [-0.4, -0.2) is 349 Å². The number of piperidine rings is 1. The Bertz CT molecular complexity index is 3280. The molecule has 0 spiro atoms. The molecule has 0 bridgehead atoms. The molecule has 4 aromatic carbocycles. The first-order valence-corrected chi connectivity index (χ1v) is 53.3. The zero-order chi connectivity index (χ0) is 86.4. The first-order valence-electron chi connectivity index (χ1n) is 44.8. The van der Waals surface area contributed by atoms with Gasteiger partial charge in [0.25, 0.3) is 0 Å². The van der Waals surface area contributed by atoms with E-state index in [0.29, 0.717) is 119 Å². The molecule has 6 fully saturated rings. The van der Waals surface area contributed by atoms with Gasteiger partial charge in [-0.25, -0.2) is 9.59 Å². The molecule has 10 rings (SSSR count). The van der Waals surface area contributed by atoms with E-state index in [1.165, 1.54) is 6.42 Å². The number of fused-ring (bicyclic) bond motifs is 1. The van der Waals surface area contributed by atoms with Crippen molar-refractivity contribution in [1.82, 2.24) is 39.2 Å². The SMILES string of the molecule is CC(C)(C(=O)c1ccc(SCCOCCCSCCCN2C(=O)N(CCCSCCCOCCSc3ccc(C(=O)C(C)(C)N4CCOCC4)cc3)C3C2N(CCCSCCCOCCSc2ccc(C(=O)C(C)(C)N4CCOCC4)cc2)C(=O)N3CCCSCCCOCCSc2ccc(C(=O)C(C)(C)N3CCOCC3)cc2)cc1)N1CCCCC1. The Labute approximate surface area is 764 Å². The fourth-order valence-electron chi connectivity index (χ4n) is 16.4. The average Bonchev–Trinajstić information content (AvgIpc) is 1.57. The van der Waals surface area contributed by atoms with Gasteiger partial charge in [0, 0.05) is 157 Å². The van der Waals surface area contributed by atoms with Crippen LogP contribution in [0.25, 0.3) is 0 Å². The molecule has 678 valence electrons. The maximum Gasteiger partial charge on any atom is 0.323 e. The highest BCUT2D eigenvalue weighted by Crippen LogP contribution is 2.38. The minimum Gasteiger partial charge on any atom is -0.381 e. The summed E-state index contributed by atoms with van der Waals surface area (Å²) in [4.78, 5) is 106. The third kappa shape index (κ3) is 30.8. The molecule has 2 atom stereocenters. The standard InChI is InChI=1S/C93H140N8O13S8/c1-90(2,94-36-10-9-11-37-94)82(102)74-20-28-78(29-21-74)119-70-58-108-48-16-66-115-62-12-38-98-86-87(100(88(98)106)40-14-64-117-68-18-50-110-60-72-121-80-32-24-76(25-33-80)84(104)92(5,6)96-44-54-113-55-45-96)101(41-15-65-118-69-19-51-111-61-73-122-81-34-26-77(27-35-81)85(105)93(7,8)97-46-56-114-57-47-97)89(107)99(86)39-13-63-116-67-17-49-109-59-71-120-79-30-22-75(23-31-79)83(103)91(3,4)95-42-52-112-53-43-95/h20-35,86-87H,9-19,36-73H2,1-8H3. The molecule has 122 heavy (non-hydrogen) atoms. The minimum absolute atomic E-state index is 0.0237. The number of hydrogen-bond acceptors (Lipinski definition) is 25. The monoisotopic (exact) mass is 1830 g/mol. The second-order valence-electron chi connectivity index (χ2n) is 33.8. The molecular weight excluding hydrogens is 1690 g/mol. The number of benzene rings is 4. The van der Waals surface area contributed by atoms with E-state index in [9.17, 15) is 19.2 Å². The normalized spacial score (nSPS) is 18.3. The zero-order valence-corrected chi connectivity index (χ0v) is 80.7. The summed E-state index contributed by atoms with van der Waals surface area (Å²) in [5.41, 5.74) is 0.679. The van der Waals surface area contributed by atoms with E-state index >= 15 is 9.59 Å². The highest BCUT2D eigenvalue weighted by atomic mass is 32.2. The van der Waals surface area contributed by atoms with E-state index in [0.717, 1.165) is 227 Å². The molecule has 4 aromatic rings. The molecule has 21 nitrogen and oxygen atoms in total. The number of morpholine rings is 3. The number of carbonyl (C=O) groups is 6. The van der Waals surface area contributed by atoms with Gasteiger partial charge in [-0.3, -0.25) is 58.4 Å². The van der Waals surface area contributed by atoms with Crippen LogP contribution in [0.2, 0.25) is 0 Å². The molecule has 0 aromatic heterocycles. The van der Waals surface area contributed by atoms with E-state index in [1.54, 1.807) is 47.0 Å². The third-order valence-corrected chi connectivity index (χ3v) is 32.3. The molecular formula is C93H140N8O13S8. The van der Waals surface area contributed by atoms with Gasteiger partial charge in [0.1, 0.15) is 12.3 Å². The number of Topliss-reactive ketones (excluding diaryl/α,β-unsaturated/α-hetero) is 4. The molecule has 0 N–H and O–H groups in total. The van der Waals surface area contributed by atoms with Gasteiger partial charge in [0.05, 0.1) is 88.2 Å². The largest absolute Gasteiger partial charge is 0.381 e. The van der Waals surface area contributed by atoms with Gasteiger partial charge in [-0.15, -0.1) is 47.0 Å². The lowest BCUT2D eigenvalue weighted by molar-refractivity contribution is -0.00443. The quantitative estimate of drug-likeness (QED) is 0.0230. The van der Waals surface area contributed by atoms with Crippen LogP contribution in [0.4, 0.5) is 9.59 Å². The van der Waals surface area contributed by atoms with Crippen molar-refractivity contribution in [2.75, 3.05) is 240 Å². The average molecular weight is 1830 g/mol. The van der Waals surface area contributed by atoms with Crippen LogP contribution in [0, 0.1) is 0 Å². The summed E-state index contributed by atoms with van der Waals surface area (Å²) >= 11 is 14.6. The minimum atomic E-state index is -0.588. The number of nitrogens with zero attached hydrogens (tertiary/aromatic N) is 8. The number of ether oxygens (including phenoxy) is 7. The molecule has 6 aliphatic rings. The van der Waals surface area contributed by atoms with Crippen LogP contribution >= 0.6 is 94.1 Å². The number of urea groups is 2. The van der Waals surface area contributed by atoms with Gasteiger partial charge in [0.15, 0.2) is 23.1 Å². The summed E-state index contributed by atoms with van der Waals surface area (Å²) < 4.78 is 41.0. The van der Waals surface area contributed by atoms with Crippen molar-refractivity contribution in [3.05, 3.63) is 119 Å². The van der Waals surface area contributed by atoms with Crippen LogP contribution < -0.4 is 0 Å². The fraction of sp³-hybridized carbons (Fsp3) is 0.677. The van der Waals surface area contributed by atoms with Crippen LogP contribution in [0.5, 0.6) is 0 Å². The van der Waals surface area contributed by atoms with E-state index < -0.39 is 22.2 Å². The molecule has 4 amide bonds. The summed E-state index contributed by atoms with van der Waals surface area (Å²) in [6, 6.07) is 32.1. The van der Waals surface area contributed by atoms with Crippen molar-refractivity contribution >= 4 is 129 Å². The van der Waals surface area contributed by atoms with Gasteiger partial charge in [-0.1, -0.05) is 55.0 Å². The van der Waals surface area contributed by atoms with Crippen molar-refractivity contribution in [2.45, 2.75) is 180 Å². The smallest absolute Gasteiger partial charge is 0.323 e. The van der Waals surface area contributed by atoms with Gasteiger partial charge in [-0.2, -0.15) is 47.0 Å².